The second kappa shape index (κ2) is 8.45. The van der Waals surface area contributed by atoms with Crippen LogP contribution in [0.15, 0.2) is 72.8 Å². The summed E-state index contributed by atoms with van der Waals surface area (Å²) in [5.74, 6) is 0. The van der Waals surface area contributed by atoms with Crippen molar-refractivity contribution in [3.05, 3.63) is 89.5 Å². The molecule has 0 radical (unpaired) electrons. The summed E-state index contributed by atoms with van der Waals surface area (Å²) in [4.78, 5) is 0. The second-order valence-corrected chi connectivity index (χ2v) is 8.62. The first-order valence-electron chi connectivity index (χ1n) is 9.32. The first-order chi connectivity index (χ1) is 12.2. The van der Waals surface area contributed by atoms with E-state index in [0.717, 1.165) is 19.3 Å². The van der Waals surface area contributed by atoms with Crippen LogP contribution >= 0.6 is 7.92 Å². The van der Waals surface area contributed by atoms with Crippen molar-refractivity contribution in [1.82, 2.24) is 0 Å². The highest BCUT2D eigenvalue weighted by Crippen LogP contribution is 2.33. The van der Waals surface area contributed by atoms with Gasteiger partial charge in [-0.25, -0.2) is 0 Å². The Labute approximate surface area is 153 Å². The molecule has 0 amide bonds. The van der Waals surface area contributed by atoms with E-state index in [9.17, 15) is 0 Å². The van der Waals surface area contributed by atoms with Gasteiger partial charge >= 0.3 is 0 Å². The Morgan fingerprint density at radius 1 is 0.440 bits per heavy atom. The first kappa shape index (κ1) is 17.9. The molecule has 0 spiro atoms. The molecule has 3 rings (SSSR count). The second-order valence-electron chi connectivity index (χ2n) is 6.40. The molecule has 0 saturated carbocycles. The fourth-order valence-electron chi connectivity index (χ4n) is 3.09. The predicted molar refractivity (Wildman–Crippen MR) is 113 cm³/mol. The van der Waals surface area contributed by atoms with Crippen LogP contribution in [-0.4, -0.2) is 0 Å². The van der Waals surface area contributed by atoms with Crippen molar-refractivity contribution in [3.63, 3.8) is 0 Å². The maximum atomic E-state index is 2.33. The molecule has 0 unspecified atom stereocenters. The van der Waals surface area contributed by atoms with E-state index >= 15 is 0 Å². The molecule has 0 fully saturated rings. The van der Waals surface area contributed by atoms with Crippen molar-refractivity contribution in [2.24, 2.45) is 0 Å². The fourth-order valence-corrected chi connectivity index (χ4v) is 5.33. The minimum absolute atomic E-state index is 0.498. The number of benzene rings is 3. The topological polar surface area (TPSA) is 0 Å². The third kappa shape index (κ3) is 4.20. The Morgan fingerprint density at radius 3 is 0.880 bits per heavy atom. The van der Waals surface area contributed by atoms with Crippen LogP contribution in [0.4, 0.5) is 0 Å². The number of rotatable bonds is 6. The van der Waals surface area contributed by atoms with Gasteiger partial charge in [0.2, 0.25) is 0 Å². The first-order valence-corrected chi connectivity index (χ1v) is 10.7. The van der Waals surface area contributed by atoms with Crippen molar-refractivity contribution in [1.29, 1.82) is 0 Å². The van der Waals surface area contributed by atoms with Gasteiger partial charge in [0.15, 0.2) is 0 Å². The summed E-state index contributed by atoms with van der Waals surface area (Å²) < 4.78 is 0. The molecule has 3 aromatic rings. The third-order valence-electron chi connectivity index (χ3n) is 4.81. The molecule has 0 aromatic heterocycles. The monoisotopic (exact) mass is 346 g/mol. The van der Waals surface area contributed by atoms with Gasteiger partial charge in [0.1, 0.15) is 0 Å². The summed E-state index contributed by atoms with van der Waals surface area (Å²) in [5, 5.41) is 4.29. The van der Waals surface area contributed by atoms with Crippen LogP contribution in [0, 0.1) is 0 Å². The molecule has 3 aromatic carbocycles. The van der Waals surface area contributed by atoms with Crippen molar-refractivity contribution < 1.29 is 0 Å². The zero-order valence-electron chi connectivity index (χ0n) is 15.5. The van der Waals surface area contributed by atoms with Gasteiger partial charge in [-0.05, 0) is 59.8 Å². The van der Waals surface area contributed by atoms with Crippen LogP contribution in [0.1, 0.15) is 37.5 Å². The van der Waals surface area contributed by atoms with Gasteiger partial charge in [0, 0.05) is 0 Å². The van der Waals surface area contributed by atoms with Gasteiger partial charge in [-0.1, -0.05) is 93.6 Å². The van der Waals surface area contributed by atoms with E-state index in [1.807, 2.05) is 0 Å². The van der Waals surface area contributed by atoms with Crippen molar-refractivity contribution >= 4 is 23.8 Å². The van der Waals surface area contributed by atoms with Crippen molar-refractivity contribution in [2.75, 3.05) is 0 Å². The highest BCUT2D eigenvalue weighted by atomic mass is 31.1. The molecule has 0 saturated heterocycles. The van der Waals surface area contributed by atoms with Crippen LogP contribution in [0.2, 0.25) is 0 Å². The van der Waals surface area contributed by atoms with Crippen LogP contribution < -0.4 is 15.9 Å². The van der Waals surface area contributed by atoms with E-state index in [-0.39, 0.29) is 0 Å². The lowest BCUT2D eigenvalue weighted by molar-refractivity contribution is 1.14. The molecule has 25 heavy (non-hydrogen) atoms. The Hall–Kier alpha value is -1.91. The summed E-state index contributed by atoms with van der Waals surface area (Å²) in [6.45, 7) is 6.64. The Bertz CT molecular complexity index is 670. The standard InChI is InChI=1S/C24H27P/c1-4-19-7-13-22(14-8-19)25(23-15-9-20(5-2)10-16-23)24-17-11-21(6-3)12-18-24/h7-18H,4-6H2,1-3H3. The Balaban J connectivity index is 2.04. The zero-order chi connectivity index (χ0) is 17.6. The highest BCUT2D eigenvalue weighted by molar-refractivity contribution is 7.79. The fraction of sp³-hybridized carbons (Fsp3) is 0.250. The maximum Gasteiger partial charge on any atom is -0.0134 e. The van der Waals surface area contributed by atoms with Crippen LogP contribution in [0.5, 0.6) is 0 Å². The van der Waals surface area contributed by atoms with Gasteiger partial charge < -0.3 is 0 Å². The molecule has 0 heterocycles. The highest BCUT2D eigenvalue weighted by Gasteiger charge is 2.16. The Morgan fingerprint density at radius 2 is 0.680 bits per heavy atom. The molecule has 0 nitrogen and oxygen atoms in total. The van der Waals surface area contributed by atoms with Gasteiger partial charge in [-0.15, -0.1) is 0 Å². The number of hydrogen-bond donors (Lipinski definition) is 0. The Kier molecular flexibility index (Phi) is 6.05. The van der Waals surface area contributed by atoms with E-state index in [0.29, 0.717) is 0 Å². The quantitative estimate of drug-likeness (QED) is 0.543. The van der Waals surface area contributed by atoms with Gasteiger partial charge in [0.25, 0.3) is 0 Å². The number of aryl methyl sites for hydroxylation is 3. The third-order valence-corrected chi connectivity index (χ3v) is 7.25. The largest absolute Gasteiger partial charge is 0.0613 e. The summed E-state index contributed by atoms with van der Waals surface area (Å²) >= 11 is 0. The lowest BCUT2D eigenvalue weighted by Crippen LogP contribution is -2.20. The molecule has 0 atom stereocenters. The van der Waals surface area contributed by atoms with E-state index in [1.54, 1.807) is 0 Å². The molecular weight excluding hydrogens is 319 g/mol. The molecule has 128 valence electrons. The summed E-state index contributed by atoms with van der Waals surface area (Å²) in [5.41, 5.74) is 4.21. The van der Waals surface area contributed by atoms with E-state index in [4.69, 9.17) is 0 Å². The van der Waals surface area contributed by atoms with E-state index in [1.165, 1.54) is 32.6 Å². The van der Waals surface area contributed by atoms with Gasteiger partial charge in [-0.3, -0.25) is 0 Å². The summed E-state index contributed by atoms with van der Waals surface area (Å²) in [6.07, 6.45) is 3.28. The van der Waals surface area contributed by atoms with Crippen molar-refractivity contribution in [3.8, 4) is 0 Å². The van der Waals surface area contributed by atoms with Crippen LogP contribution in [0.25, 0.3) is 0 Å². The number of hydrogen-bond acceptors (Lipinski definition) is 0. The predicted octanol–water partition coefficient (Wildman–Crippen LogP) is 5.13. The molecule has 0 bridgehead atoms. The van der Waals surface area contributed by atoms with E-state index in [2.05, 4.69) is 93.6 Å². The molecular formula is C24H27P. The molecule has 0 aliphatic heterocycles. The maximum absolute atomic E-state index is 2.33. The van der Waals surface area contributed by atoms with Crippen molar-refractivity contribution in [2.45, 2.75) is 40.0 Å². The average Bonchev–Trinajstić information content (AvgIpc) is 2.70. The molecule has 1 heteroatoms. The van der Waals surface area contributed by atoms with E-state index < -0.39 is 7.92 Å². The SMILES string of the molecule is CCc1ccc(P(c2ccc(CC)cc2)c2ccc(CC)cc2)cc1. The molecule has 0 N–H and O–H groups in total. The minimum Gasteiger partial charge on any atom is -0.0613 e. The van der Waals surface area contributed by atoms with Crippen LogP contribution in [-0.2, 0) is 19.3 Å². The minimum atomic E-state index is -0.498. The zero-order valence-corrected chi connectivity index (χ0v) is 16.4. The van der Waals surface area contributed by atoms with Gasteiger partial charge in [-0.2, -0.15) is 0 Å². The van der Waals surface area contributed by atoms with Gasteiger partial charge in [0.05, 0.1) is 0 Å². The molecule has 0 aliphatic carbocycles. The van der Waals surface area contributed by atoms with Crippen LogP contribution in [0.3, 0.4) is 0 Å². The smallest absolute Gasteiger partial charge is 0.0134 e. The lowest BCUT2D eigenvalue weighted by Gasteiger charge is -2.20. The average molecular weight is 346 g/mol. The summed E-state index contributed by atoms with van der Waals surface area (Å²) in [6, 6.07) is 27.7. The normalized spacial score (nSPS) is 11.0. The summed E-state index contributed by atoms with van der Waals surface area (Å²) in [7, 11) is -0.498. The lowest BCUT2D eigenvalue weighted by atomic mass is 10.2. The molecule has 0 aliphatic rings.